The van der Waals surface area contributed by atoms with Gasteiger partial charge in [-0.1, -0.05) is 45.4 Å². The quantitative estimate of drug-likeness (QED) is 0.181. The summed E-state index contributed by atoms with van der Waals surface area (Å²) in [5, 5.41) is 0. The zero-order chi connectivity index (χ0) is 17.7. The van der Waals surface area contributed by atoms with E-state index in [1.54, 1.807) is 11.3 Å². The molecule has 0 aliphatic carbocycles. The van der Waals surface area contributed by atoms with Crippen molar-refractivity contribution < 1.29 is 4.74 Å². The van der Waals surface area contributed by atoms with Crippen LogP contribution in [-0.2, 0) is 0 Å². The van der Waals surface area contributed by atoms with Crippen LogP contribution < -0.4 is 4.74 Å². The molecule has 0 radical (unpaired) electrons. The van der Waals surface area contributed by atoms with Crippen molar-refractivity contribution in [1.29, 1.82) is 0 Å². The molecule has 0 amide bonds. The van der Waals surface area contributed by atoms with Crippen LogP contribution in [0.2, 0.25) is 0 Å². The van der Waals surface area contributed by atoms with E-state index in [-0.39, 0.29) is 0 Å². The summed E-state index contributed by atoms with van der Waals surface area (Å²) in [6.07, 6.45) is 13.6. The van der Waals surface area contributed by atoms with Gasteiger partial charge in [-0.3, -0.25) is 0 Å². The summed E-state index contributed by atoms with van der Waals surface area (Å²) in [6, 6.07) is 8.47. The molecular formula is C21H30OS2Se. The van der Waals surface area contributed by atoms with Crippen molar-refractivity contribution in [2.24, 2.45) is 0 Å². The first-order valence-corrected chi connectivity index (χ1v) is 12.7. The molecule has 1 heterocycles. The van der Waals surface area contributed by atoms with Gasteiger partial charge < -0.3 is 0 Å². The zero-order valence-corrected chi connectivity index (χ0v) is 18.6. The van der Waals surface area contributed by atoms with Crippen LogP contribution in [0.15, 0.2) is 29.2 Å². The topological polar surface area (TPSA) is 9.23 Å². The third-order valence-corrected chi connectivity index (χ3v) is 8.36. The van der Waals surface area contributed by atoms with Gasteiger partial charge in [-0.15, -0.1) is 0 Å². The molecule has 1 nitrogen and oxygen atoms in total. The summed E-state index contributed by atoms with van der Waals surface area (Å²) in [5.74, 6) is 0.983. The van der Waals surface area contributed by atoms with Crippen LogP contribution in [0.5, 0.6) is 5.75 Å². The maximum atomic E-state index is 5.87. The van der Waals surface area contributed by atoms with Crippen LogP contribution in [0.4, 0.5) is 0 Å². The molecule has 1 aromatic carbocycles. The molecule has 0 fully saturated rings. The Labute approximate surface area is 168 Å². The Morgan fingerprint density at radius 3 is 2.04 bits per heavy atom. The van der Waals surface area contributed by atoms with E-state index in [0.29, 0.717) is 14.5 Å². The Balaban J connectivity index is 1.51. The molecule has 25 heavy (non-hydrogen) atoms. The number of unbranched alkanes of at least 4 members (excludes halogenated alkanes) is 9. The summed E-state index contributed by atoms with van der Waals surface area (Å²) >= 11 is 7.40. The van der Waals surface area contributed by atoms with Gasteiger partial charge in [-0.05, 0) is 0 Å². The number of benzene rings is 1. The van der Waals surface area contributed by atoms with Crippen LogP contribution in [0.25, 0.3) is 10.4 Å². The first-order chi connectivity index (χ1) is 12.3. The van der Waals surface area contributed by atoms with Gasteiger partial charge in [0.15, 0.2) is 0 Å². The van der Waals surface area contributed by atoms with Gasteiger partial charge >= 0.3 is 123 Å². The minimum atomic E-state index is 0.389. The molecule has 0 atom stereocenters. The Morgan fingerprint density at radius 2 is 1.48 bits per heavy atom. The average Bonchev–Trinajstić information content (AvgIpc) is 3.06. The second-order valence-electron chi connectivity index (χ2n) is 6.51. The van der Waals surface area contributed by atoms with Gasteiger partial charge in [0, 0.05) is 0 Å². The van der Waals surface area contributed by atoms with Gasteiger partial charge in [0.1, 0.15) is 0 Å². The predicted molar refractivity (Wildman–Crippen MR) is 115 cm³/mol. The van der Waals surface area contributed by atoms with Crippen LogP contribution in [0.3, 0.4) is 0 Å². The normalized spacial score (nSPS) is 10.9. The molecule has 0 aliphatic heterocycles. The number of ether oxygens (including phenoxy) is 1. The molecule has 0 aliphatic rings. The fourth-order valence-corrected chi connectivity index (χ4v) is 6.29. The van der Waals surface area contributed by atoms with Crippen molar-refractivity contribution >= 4 is 38.1 Å². The van der Waals surface area contributed by atoms with E-state index in [1.165, 1.54) is 68.2 Å². The van der Waals surface area contributed by atoms with E-state index in [0.717, 1.165) is 21.5 Å². The standard InChI is InChI=1S/C21H30OS2Se/c1-2-3-4-5-6-7-8-9-10-11-16-22-19-14-12-18(13-15-19)20-17-25-21(23)24-20/h12-15,17H,2-11,16H2,1H3. The van der Waals surface area contributed by atoms with Gasteiger partial charge in [-0.25, -0.2) is 0 Å². The number of rotatable bonds is 13. The van der Waals surface area contributed by atoms with Crippen LogP contribution in [-0.4, -0.2) is 21.1 Å². The summed E-state index contributed by atoms with van der Waals surface area (Å²) in [5.41, 5.74) is 1.26. The molecule has 2 aromatic rings. The second-order valence-corrected chi connectivity index (χ2v) is 11.2. The van der Waals surface area contributed by atoms with E-state index in [1.807, 2.05) is 0 Å². The van der Waals surface area contributed by atoms with Gasteiger partial charge in [0.05, 0.1) is 0 Å². The first kappa shape index (κ1) is 20.9. The zero-order valence-electron chi connectivity index (χ0n) is 15.3. The van der Waals surface area contributed by atoms with E-state index in [4.69, 9.17) is 17.0 Å². The molecule has 0 spiro atoms. The van der Waals surface area contributed by atoms with Gasteiger partial charge in [-0.2, -0.15) is 0 Å². The first-order valence-electron chi connectivity index (χ1n) is 9.61. The van der Waals surface area contributed by atoms with Crippen molar-refractivity contribution in [2.75, 3.05) is 6.61 Å². The maximum absolute atomic E-state index is 5.87. The summed E-state index contributed by atoms with van der Waals surface area (Å²) in [7, 11) is 0. The summed E-state index contributed by atoms with van der Waals surface area (Å²) < 4.78 is 7.00. The minimum absolute atomic E-state index is 0.389. The van der Waals surface area contributed by atoms with E-state index in [9.17, 15) is 0 Å². The summed E-state index contributed by atoms with van der Waals surface area (Å²) in [6.45, 7) is 3.11. The molecule has 0 saturated heterocycles. The van der Waals surface area contributed by atoms with Crippen molar-refractivity contribution in [1.82, 2.24) is 0 Å². The molecule has 0 unspecified atom stereocenters. The Hall–Kier alpha value is -0.411. The van der Waals surface area contributed by atoms with Gasteiger partial charge in [0.2, 0.25) is 0 Å². The monoisotopic (exact) mass is 442 g/mol. The Morgan fingerprint density at radius 1 is 0.880 bits per heavy atom. The van der Waals surface area contributed by atoms with Crippen molar-refractivity contribution in [2.45, 2.75) is 71.1 Å². The van der Waals surface area contributed by atoms with E-state index < -0.39 is 0 Å². The average molecular weight is 442 g/mol. The molecular weight excluding hydrogens is 411 g/mol. The Kier molecular flexibility index (Phi) is 10.8. The van der Waals surface area contributed by atoms with E-state index in [2.05, 4.69) is 36.1 Å². The number of hydrogen-bond donors (Lipinski definition) is 0. The fraction of sp³-hybridized carbons (Fsp3) is 0.571. The molecule has 4 heteroatoms. The second kappa shape index (κ2) is 12.9. The van der Waals surface area contributed by atoms with Gasteiger partial charge in [0.25, 0.3) is 0 Å². The van der Waals surface area contributed by atoms with Crippen molar-refractivity contribution in [3.8, 4) is 16.2 Å². The molecule has 2 rings (SSSR count). The molecule has 138 valence electrons. The van der Waals surface area contributed by atoms with Crippen LogP contribution >= 0.6 is 23.6 Å². The molecule has 0 saturated carbocycles. The van der Waals surface area contributed by atoms with Crippen molar-refractivity contribution in [3.63, 3.8) is 0 Å². The molecule has 1 aromatic heterocycles. The number of hydrogen-bond acceptors (Lipinski definition) is 3. The van der Waals surface area contributed by atoms with Crippen LogP contribution in [0, 0.1) is 2.70 Å². The summed E-state index contributed by atoms with van der Waals surface area (Å²) in [4.78, 5) is 3.59. The third kappa shape index (κ3) is 8.68. The van der Waals surface area contributed by atoms with Crippen LogP contribution in [0.1, 0.15) is 71.1 Å². The molecule has 0 bridgehead atoms. The van der Waals surface area contributed by atoms with E-state index >= 15 is 0 Å². The molecule has 0 N–H and O–H groups in total. The third-order valence-electron chi connectivity index (χ3n) is 4.36. The Bertz CT molecular complexity index is 630. The predicted octanol–water partition coefficient (Wildman–Crippen LogP) is 7.50. The SMILES string of the molecule is CCCCCCCCCCCCOc1ccc(-c2c[se]c(=S)s2)cc1. The fourth-order valence-electron chi connectivity index (χ4n) is 2.86. The van der Waals surface area contributed by atoms with Crippen molar-refractivity contribution in [3.05, 3.63) is 31.9 Å².